The number of rotatable bonds is 4. The first-order valence-electron chi connectivity index (χ1n) is 5.75. The van der Waals surface area contributed by atoms with Gasteiger partial charge in [0.15, 0.2) is 5.76 Å². The van der Waals surface area contributed by atoms with Crippen LogP contribution in [-0.2, 0) is 6.42 Å². The zero-order chi connectivity index (χ0) is 12.3. The first-order valence-corrected chi connectivity index (χ1v) is 5.75. The van der Waals surface area contributed by atoms with Crippen LogP contribution in [0.4, 0.5) is 0 Å². The van der Waals surface area contributed by atoms with Gasteiger partial charge in [0.2, 0.25) is 5.78 Å². The van der Waals surface area contributed by atoms with Crippen molar-refractivity contribution in [2.45, 2.75) is 26.2 Å². The highest BCUT2D eigenvalue weighted by Crippen LogP contribution is 2.21. The minimum Gasteiger partial charge on any atom is -0.458 e. The van der Waals surface area contributed by atoms with Crippen molar-refractivity contribution in [3.63, 3.8) is 0 Å². The molecule has 2 heterocycles. The summed E-state index contributed by atoms with van der Waals surface area (Å²) < 4.78 is 5.47. The van der Waals surface area contributed by atoms with E-state index in [2.05, 4.69) is 4.98 Å². The molecule has 0 aliphatic heterocycles. The molecule has 0 N–H and O–H groups in total. The maximum Gasteiger partial charge on any atom is 0.205 e. The van der Waals surface area contributed by atoms with Gasteiger partial charge in [0.1, 0.15) is 5.76 Å². The fourth-order valence-electron chi connectivity index (χ4n) is 1.72. The van der Waals surface area contributed by atoms with E-state index in [1.807, 2.05) is 32.0 Å². The van der Waals surface area contributed by atoms with E-state index in [0.717, 1.165) is 17.7 Å². The molecular formula is C14H15NO2. The van der Waals surface area contributed by atoms with Crippen molar-refractivity contribution in [3.8, 4) is 0 Å². The summed E-state index contributed by atoms with van der Waals surface area (Å²) >= 11 is 0. The lowest BCUT2D eigenvalue weighted by Gasteiger charge is -2.08. The van der Waals surface area contributed by atoms with Crippen LogP contribution in [-0.4, -0.2) is 10.8 Å². The van der Waals surface area contributed by atoms with Gasteiger partial charge in [0.25, 0.3) is 0 Å². The first kappa shape index (κ1) is 11.6. The van der Waals surface area contributed by atoms with Gasteiger partial charge in [-0.1, -0.05) is 13.8 Å². The van der Waals surface area contributed by atoms with Crippen molar-refractivity contribution < 1.29 is 9.21 Å². The van der Waals surface area contributed by atoms with Crippen molar-refractivity contribution in [1.29, 1.82) is 0 Å². The second-order valence-corrected chi connectivity index (χ2v) is 3.99. The number of hydrogen-bond donors (Lipinski definition) is 0. The van der Waals surface area contributed by atoms with Gasteiger partial charge >= 0.3 is 0 Å². The number of furan rings is 1. The highest BCUT2D eigenvalue weighted by atomic mass is 16.3. The SMILES string of the molecule is CCc1ccc(C(=O)C(C)c2ccncc2)o1. The standard InChI is InChI=1S/C14H15NO2/c1-3-12-4-5-13(17-12)14(16)10(2)11-6-8-15-9-7-11/h4-10H,3H2,1-2H3. The summed E-state index contributed by atoms with van der Waals surface area (Å²) in [6.45, 7) is 3.88. The summed E-state index contributed by atoms with van der Waals surface area (Å²) in [5.74, 6) is 1.09. The number of aromatic nitrogens is 1. The van der Waals surface area contributed by atoms with E-state index in [1.54, 1.807) is 18.5 Å². The molecule has 0 bridgehead atoms. The van der Waals surface area contributed by atoms with Gasteiger partial charge < -0.3 is 4.42 Å². The molecule has 0 saturated carbocycles. The Bertz CT molecular complexity index is 502. The fourth-order valence-corrected chi connectivity index (χ4v) is 1.72. The molecule has 3 heteroatoms. The second kappa shape index (κ2) is 4.95. The van der Waals surface area contributed by atoms with Gasteiger partial charge in [-0.15, -0.1) is 0 Å². The van der Waals surface area contributed by atoms with E-state index in [0.29, 0.717) is 5.76 Å². The number of carbonyl (C=O) groups excluding carboxylic acids is 1. The first-order chi connectivity index (χ1) is 8.22. The van der Waals surface area contributed by atoms with Crippen LogP contribution in [0.25, 0.3) is 0 Å². The van der Waals surface area contributed by atoms with Crippen LogP contribution in [0, 0.1) is 0 Å². The lowest BCUT2D eigenvalue weighted by atomic mass is 9.96. The van der Waals surface area contributed by atoms with Crippen molar-refractivity contribution >= 4 is 5.78 Å². The van der Waals surface area contributed by atoms with E-state index < -0.39 is 0 Å². The molecule has 1 unspecified atom stereocenters. The van der Waals surface area contributed by atoms with Crippen LogP contribution in [0.5, 0.6) is 0 Å². The van der Waals surface area contributed by atoms with Gasteiger partial charge in [0.05, 0.1) is 0 Å². The highest BCUT2D eigenvalue weighted by molar-refractivity contribution is 5.98. The zero-order valence-corrected chi connectivity index (χ0v) is 10.0. The molecule has 17 heavy (non-hydrogen) atoms. The number of Topliss-reactive ketones (excluding diaryl/α,β-unsaturated/α-hetero) is 1. The van der Waals surface area contributed by atoms with E-state index >= 15 is 0 Å². The Morgan fingerprint density at radius 3 is 2.59 bits per heavy atom. The topological polar surface area (TPSA) is 43.1 Å². The summed E-state index contributed by atoms with van der Waals surface area (Å²) in [5.41, 5.74) is 0.958. The Labute approximate surface area is 100 Å². The van der Waals surface area contributed by atoms with E-state index in [1.165, 1.54) is 0 Å². The van der Waals surface area contributed by atoms with Gasteiger partial charge in [-0.2, -0.15) is 0 Å². The Kier molecular flexibility index (Phi) is 3.38. The predicted octanol–water partition coefficient (Wildman–Crippen LogP) is 3.22. The van der Waals surface area contributed by atoms with Gasteiger partial charge in [-0.05, 0) is 29.8 Å². The normalized spacial score (nSPS) is 12.4. The Hall–Kier alpha value is -1.90. The summed E-state index contributed by atoms with van der Waals surface area (Å²) in [7, 11) is 0. The van der Waals surface area contributed by atoms with Crippen molar-refractivity contribution in [2.75, 3.05) is 0 Å². The fraction of sp³-hybridized carbons (Fsp3) is 0.286. The van der Waals surface area contributed by atoms with Crippen LogP contribution in [0.15, 0.2) is 41.1 Å². The lowest BCUT2D eigenvalue weighted by Crippen LogP contribution is -2.08. The molecule has 0 fully saturated rings. The van der Waals surface area contributed by atoms with E-state index in [9.17, 15) is 4.79 Å². The third kappa shape index (κ3) is 2.44. The molecule has 3 nitrogen and oxygen atoms in total. The number of ketones is 1. The van der Waals surface area contributed by atoms with Gasteiger partial charge in [-0.25, -0.2) is 0 Å². The summed E-state index contributed by atoms with van der Waals surface area (Å²) in [4.78, 5) is 16.1. The molecule has 2 aromatic heterocycles. The molecule has 0 radical (unpaired) electrons. The van der Waals surface area contributed by atoms with Crippen molar-refractivity contribution in [1.82, 2.24) is 4.98 Å². The highest BCUT2D eigenvalue weighted by Gasteiger charge is 2.19. The van der Waals surface area contributed by atoms with Gasteiger partial charge in [-0.3, -0.25) is 9.78 Å². The molecule has 2 aromatic rings. The number of carbonyl (C=O) groups is 1. The molecule has 0 saturated heterocycles. The number of hydrogen-bond acceptors (Lipinski definition) is 3. The zero-order valence-electron chi connectivity index (χ0n) is 10.0. The van der Waals surface area contributed by atoms with E-state index in [-0.39, 0.29) is 11.7 Å². The summed E-state index contributed by atoms with van der Waals surface area (Å²) in [6, 6.07) is 7.31. The largest absolute Gasteiger partial charge is 0.458 e. The molecule has 88 valence electrons. The maximum absolute atomic E-state index is 12.2. The van der Waals surface area contributed by atoms with Crippen molar-refractivity contribution in [3.05, 3.63) is 53.7 Å². The van der Waals surface area contributed by atoms with Crippen LogP contribution in [0.2, 0.25) is 0 Å². The number of aryl methyl sites for hydroxylation is 1. The third-order valence-corrected chi connectivity index (χ3v) is 2.85. The Balaban J connectivity index is 2.20. The third-order valence-electron chi connectivity index (χ3n) is 2.85. The summed E-state index contributed by atoms with van der Waals surface area (Å²) in [5, 5.41) is 0. The second-order valence-electron chi connectivity index (χ2n) is 3.99. The Morgan fingerprint density at radius 2 is 2.00 bits per heavy atom. The van der Waals surface area contributed by atoms with Crippen LogP contribution >= 0.6 is 0 Å². The molecule has 2 rings (SSSR count). The van der Waals surface area contributed by atoms with E-state index in [4.69, 9.17) is 4.42 Å². The van der Waals surface area contributed by atoms with Gasteiger partial charge in [0, 0.05) is 24.7 Å². The molecule has 0 amide bonds. The molecule has 0 spiro atoms. The quantitative estimate of drug-likeness (QED) is 0.756. The van der Waals surface area contributed by atoms with Crippen molar-refractivity contribution in [2.24, 2.45) is 0 Å². The molecule has 0 aliphatic carbocycles. The maximum atomic E-state index is 12.2. The summed E-state index contributed by atoms with van der Waals surface area (Å²) in [6.07, 6.45) is 4.19. The Morgan fingerprint density at radius 1 is 1.29 bits per heavy atom. The monoisotopic (exact) mass is 229 g/mol. The number of nitrogens with zero attached hydrogens (tertiary/aromatic N) is 1. The van der Waals surface area contributed by atoms with Crippen LogP contribution < -0.4 is 0 Å². The predicted molar refractivity (Wildman–Crippen MR) is 65.1 cm³/mol. The van der Waals surface area contributed by atoms with Crippen LogP contribution in [0.3, 0.4) is 0 Å². The number of pyridine rings is 1. The lowest BCUT2D eigenvalue weighted by molar-refractivity contribution is 0.0937. The minimum absolute atomic E-state index is 0.0101. The molecule has 0 aliphatic rings. The molecule has 1 atom stereocenters. The molecular weight excluding hydrogens is 214 g/mol. The average molecular weight is 229 g/mol. The van der Waals surface area contributed by atoms with Crippen LogP contribution in [0.1, 0.15) is 41.6 Å². The molecule has 0 aromatic carbocycles. The smallest absolute Gasteiger partial charge is 0.205 e. The average Bonchev–Trinajstić information content (AvgIpc) is 2.87. The minimum atomic E-state index is -0.200.